The van der Waals surface area contributed by atoms with Gasteiger partial charge in [-0.05, 0) is 67.8 Å². The van der Waals surface area contributed by atoms with Gasteiger partial charge < -0.3 is 10.6 Å². The second kappa shape index (κ2) is 8.06. The molecule has 2 saturated heterocycles. The summed E-state index contributed by atoms with van der Waals surface area (Å²) in [5, 5.41) is 7.06. The maximum atomic E-state index is 14.6. The number of hydrogen-bond acceptors (Lipinski definition) is 4. The van der Waals surface area contributed by atoms with Crippen molar-refractivity contribution in [2.24, 2.45) is 5.92 Å². The highest BCUT2D eigenvalue weighted by Crippen LogP contribution is 2.68. The minimum absolute atomic E-state index is 0.213. The predicted molar refractivity (Wildman–Crippen MR) is 147 cm³/mol. The lowest BCUT2D eigenvalue weighted by molar-refractivity contribution is -0.137. The maximum Gasteiger partial charge on any atom is 0.251 e. The number of Topliss-reactive ketones (excluding diaryl/α,β-unsaturated/α-hetero) is 1. The molecule has 192 valence electrons. The fourth-order valence-electron chi connectivity index (χ4n) is 7.63. The van der Waals surface area contributed by atoms with E-state index in [0.29, 0.717) is 45.5 Å². The third-order valence-corrected chi connectivity index (χ3v) is 9.63. The van der Waals surface area contributed by atoms with Crippen LogP contribution in [0.3, 0.4) is 0 Å². The van der Waals surface area contributed by atoms with Crippen molar-refractivity contribution >= 4 is 63.8 Å². The van der Waals surface area contributed by atoms with Gasteiger partial charge >= 0.3 is 0 Å². The summed E-state index contributed by atoms with van der Waals surface area (Å²) >= 11 is 19.4. The summed E-state index contributed by atoms with van der Waals surface area (Å²) in [6.45, 7) is 2.46. The van der Waals surface area contributed by atoms with Crippen LogP contribution in [0.2, 0.25) is 15.1 Å². The summed E-state index contributed by atoms with van der Waals surface area (Å²) in [6.07, 6.45) is 1.44. The highest BCUT2D eigenvalue weighted by molar-refractivity contribution is 6.37. The van der Waals surface area contributed by atoms with E-state index in [0.717, 1.165) is 12.0 Å². The number of carbonyl (C=O) groups excluding carboxylic acids is 3. The topological polar surface area (TPSA) is 78.5 Å². The monoisotopic (exact) mass is 565 g/mol. The molecule has 4 aliphatic heterocycles. The van der Waals surface area contributed by atoms with Crippen molar-refractivity contribution < 1.29 is 14.4 Å². The Kier molecular flexibility index (Phi) is 5.12. The smallest absolute Gasteiger partial charge is 0.251 e. The van der Waals surface area contributed by atoms with Crippen molar-refractivity contribution in [1.82, 2.24) is 4.90 Å². The van der Waals surface area contributed by atoms with Crippen LogP contribution in [-0.2, 0) is 20.5 Å². The zero-order valence-electron chi connectivity index (χ0n) is 20.3. The van der Waals surface area contributed by atoms with E-state index in [4.69, 9.17) is 34.8 Å². The molecule has 7 rings (SSSR count). The third-order valence-electron chi connectivity index (χ3n) is 8.78. The average molecular weight is 567 g/mol. The molecule has 9 heteroatoms. The average Bonchev–Trinajstić information content (AvgIpc) is 3.58. The van der Waals surface area contributed by atoms with Crippen LogP contribution in [0.1, 0.15) is 39.9 Å². The molecule has 0 aliphatic carbocycles. The first-order valence-corrected chi connectivity index (χ1v) is 13.7. The summed E-state index contributed by atoms with van der Waals surface area (Å²) in [4.78, 5) is 45.7. The van der Waals surface area contributed by atoms with E-state index in [1.54, 1.807) is 18.2 Å². The molecule has 2 N–H and O–H groups in total. The van der Waals surface area contributed by atoms with Gasteiger partial charge in [0.05, 0.1) is 21.7 Å². The lowest BCUT2D eigenvalue weighted by atomic mass is 9.57. The molecule has 0 unspecified atom stereocenters. The Labute approximate surface area is 234 Å². The van der Waals surface area contributed by atoms with Crippen LogP contribution in [0.15, 0.2) is 54.6 Å². The number of nitrogens with one attached hydrogen (secondary N) is 2. The van der Waals surface area contributed by atoms with Gasteiger partial charge in [0.25, 0.3) is 5.91 Å². The highest BCUT2D eigenvalue weighted by Gasteiger charge is 2.81. The van der Waals surface area contributed by atoms with Crippen LogP contribution >= 0.6 is 34.8 Å². The number of para-hydroxylation sites is 1. The van der Waals surface area contributed by atoms with Crippen molar-refractivity contribution in [2.45, 2.75) is 36.8 Å². The molecular formula is C29H22Cl3N3O3. The Hall–Kier alpha value is -2.90. The molecule has 2 amide bonds. The molecular weight excluding hydrogens is 545 g/mol. The number of carbonyl (C=O) groups is 3. The zero-order chi connectivity index (χ0) is 26.6. The lowest BCUT2D eigenvalue weighted by Gasteiger charge is -2.43. The number of hydrogen-bond donors (Lipinski definition) is 2. The minimum Gasteiger partial charge on any atom is -0.325 e. The zero-order valence-corrected chi connectivity index (χ0v) is 22.5. The van der Waals surface area contributed by atoms with Gasteiger partial charge in [-0.1, -0.05) is 59.1 Å². The van der Waals surface area contributed by atoms with Crippen molar-refractivity contribution in [3.8, 4) is 0 Å². The van der Waals surface area contributed by atoms with Crippen LogP contribution in [0.25, 0.3) is 0 Å². The Bertz CT molecular complexity index is 1610. The van der Waals surface area contributed by atoms with Gasteiger partial charge in [0, 0.05) is 27.9 Å². The molecule has 0 radical (unpaired) electrons. The molecule has 2 spiro atoms. The quantitative estimate of drug-likeness (QED) is 0.375. The Morgan fingerprint density at radius 2 is 1.74 bits per heavy atom. The first kappa shape index (κ1) is 24.2. The van der Waals surface area contributed by atoms with Crippen LogP contribution < -0.4 is 10.6 Å². The van der Waals surface area contributed by atoms with Gasteiger partial charge in [-0.3, -0.25) is 19.3 Å². The summed E-state index contributed by atoms with van der Waals surface area (Å²) in [6, 6.07) is 15.4. The van der Waals surface area contributed by atoms with E-state index in [1.807, 2.05) is 37.3 Å². The number of nitrogens with zero attached hydrogens (tertiary/aromatic N) is 1. The number of halogens is 3. The number of benzene rings is 3. The second-order valence-corrected chi connectivity index (χ2v) is 11.8. The fourth-order valence-corrected chi connectivity index (χ4v) is 8.45. The lowest BCUT2D eigenvalue weighted by Crippen LogP contribution is -2.62. The van der Waals surface area contributed by atoms with Gasteiger partial charge in [0.2, 0.25) is 5.91 Å². The Balaban J connectivity index is 1.61. The van der Waals surface area contributed by atoms with Crippen molar-refractivity contribution in [3.63, 3.8) is 0 Å². The van der Waals surface area contributed by atoms with Crippen LogP contribution in [0, 0.1) is 12.8 Å². The predicted octanol–water partition coefficient (Wildman–Crippen LogP) is 5.97. The van der Waals surface area contributed by atoms with Crippen LogP contribution in [0.4, 0.5) is 11.4 Å². The van der Waals surface area contributed by atoms with E-state index in [9.17, 15) is 14.4 Å². The van der Waals surface area contributed by atoms with Gasteiger partial charge in [-0.2, -0.15) is 0 Å². The number of fused-ring (bicyclic) bond motifs is 7. The third kappa shape index (κ3) is 2.71. The normalized spacial score (nSPS) is 28.9. The van der Waals surface area contributed by atoms with Crippen molar-refractivity contribution in [2.75, 3.05) is 17.2 Å². The van der Waals surface area contributed by atoms with Gasteiger partial charge in [0.15, 0.2) is 5.78 Å². The number of anilines is 2. The summed E-state index contributed by atoms with van der Waals surface area (Å²) in [7, 11) is 0. The largest absolute Gasteiger partial charge is 0.325 e. The Morgan fingerprint density at radius 1 is 0.947 bits per heavy atom. The molecule has 0 saturated carbocycles. The van der Waals surface area contributed by atoms with E-state index in [2.05, 4.69) is 15.5 Å². The SMILES string of the molecule is Cc1cc(Cl)c2c(c1)[C@]1(C(=O)N2)N2CCC[C@@H]2[C@H](C(=O)c2ccc(Cl)cc2Cl)[C@@]12C(=O)Nc1ccccc12. The number of rotatable bonds is 2. The summed E-state index contributed by atoms with van der Waals surface area (Å²) in [5.74, 6) is -1.90. The molecule has 3 aromatic carbocycles. The molecule has 6 nitrogen and oxygen atoms in total. The second-order valence-electron chi connectivity index (χ2n) is 10.5. The molecule has 38 heavy (non-hydrogen) atoms. The van der Waals surface area contributed by atoms with Gasteiger partial charge in [0.1, 0.15) is 11.0 Å². The molecule has 2 fully saturated rings. The summed E-state index contributed by atoms with van der Waals surface area (Å²) < 4.78 is 0. The maximum absolute atomic E-state index is 14.6. The van der Waals surface area contributed by atoms with E-state index in [1.165, 1.54) is 6.07 Å². The Morgan fingerprint density at radius 3 is 2.53 bits per heavy atom. The van der Waals surface area contributed by atoms with E-state index in [-0.39, 0.29) is 34.2 Å². The van der Waals surface area contributed by atoms with Crippen LogP contribution in [0.5, 0.6) is 0 Å². The minimum atomic E-state index is -1.55. The molecule has 0 bridgehead atoms. The van der Waals surface area contributed by atoms with Crippen molar-refractivity contribution in [3.05, 3.63) is 91.9 Å². The molecule has 3 aromatic rings. The van der Waals surface area contributed by atoms with E-state index >= 15 is 0 Å². The van der Waals surface area contributed by atoms with Crippen LogP contribution in [-0.4, -0.2) is 35.1 Å². The van der Waals surface area contributed by atoms with Crippen molar-refractivity contribution in [1.29, 1.82) is 0 Å². The summed E-state index contributed by atoms with van der Waals surface area (Å²) in [5.41, 5.74) is 0.448. The van der Waals surface area contributed by atoms with Gasteiger partial charge in [-0.15, -0.1) is 0 Å². The molecule has 4 aliphatic rings. The van der Waals surface area contributed by atoms with Gasteiger partial charge in [-0.25, -0.2) is 0 Å². The number of amides is 2. The fraction of sp³-hybridized carbons (Fsp3) is 0.276. The molecule has 4 heterocycles. The van der Waals surface area contributed by atoms with E-state index < -0.39 is 16.9 Å². The molecule has 0 aromatic heterocycles. The number of aryl methyl sites for hydroxylation is 1. The number of ketones is 1. The first-order valence-electron chi connectivity index (χ1n) is 12.5. The highest BCUT2D eigenvalue weighted by atomic mass is 35.5. The first-order chi connectivity index (χ1) is 18.2. The standard InChI is InChI=1S/C29H22Cl3N3O3/c1-14-11-18-24(20(32)12-14)34-27(38)29(18)28(17-5-2-3-6-21(17)33-26(28)37)23(22-7-4-10-35(22)29)25(36)16-9-8-15(30)13-19(16)31/h2-3,5-6,8-9,11-13,22-23H,4,7,10H2,1H3,(H,33,37)(H,34,38)/t22-,23-,28+,29-/m1/s1. The molecule has 4 atom stereocenters.